The van der Waals surface area contributed by atoms with Crippen molar-refractivity contribution in [2.45, 2.75) is 39.2 Å². The van der Waals surface area contributed by atoms with E-state index in [4.69, 9.17) is 0 Å². The van der Waals surface area contributed by atoms with Crippen molar-refractivity contribution in [2.24, 2.45) is 5.92 Å². The lowest BCUT2D eigenvalue weighted by molar-refractivity contribution is -0.126. The van der Waals surface area contributed by atoms with Crippen LogP contribution in [0, 0.1) is 11.7 Å². The molecule has 1 fully saturated rings. The maximum atomic E-state index is 12.9. The van der Waals surface area contributed by atoms with Gasteiger partial charge in [-0.15, -0.1) is 0 Å². The molecule has 1 unspecified atom stereocenters. The highest BCUT2D eigenvalue weighted by Gasteiger charge is 2.25. The van der Waals surface area contributed by atoms with Crippen molar-refractivity contribution >= 4 is 5.91 Å². The van der Waals surface area contributed by atoms with Gasteiger partial charge in [-0.2, -0.15) is 0 Å². The van der Waals surface area contributed by atoms with Gasteiger partial charge in [-0.3, -0.25) is 9.69 Å². The molecule has 1 heterocycles. The van der Waals surface area contributed by atoms with Crippen LogP contribution in [0.4, 0.5) is 4.39 Å². The van der Waals surface area contributed by atoms with Gasteiger partial charge in [0.1, 0.15) is 5.82 Å². The number of rotatable bonds is 6. The molecule has 0 radical (unpaired) electrons. The lowest BCUT2D eigenvalue weighted by atomic mass is 9.96. The Balaban J connectivity index is 1.82. The summed E-state index contributed by atoms with van der Waals surface area (Å²) in [5.41, 5.74) is 1.10. The molecule has 1 amide bonds. The first-order valence-electron chi connectivity index (χ1n) is 7.93. The quantitative estimate of drug-likeness (QED) is 0.818. The number of nitrogens with one attached hydrogen (secondary N) is 1. The fourth-order valence-electron chi connectivity index (χ4n) is 2.79. The molecule has 3 nitrogen and oxygen atoms in total. The number of hydrogen-bond acceptors (Lipinski definition) is 2. The van der Waals surface area contributed by atoms with Crippen molar-refractivity contribution in [1.29, 1.82) is 0 Å². The number of nitrogens with zero attached hydrogens (tertiary/aromatic N) is 1. The fraction of sp³-hybridized carbons (Fsp3) is 0.588. The Kier molecular flexibility index (Phi) is 6.18. The Morgan fingerprint density at radius 1 is 1.38 bits per heavy atom. The molecule has 1 aliphatic heterocycles. The summed E-state index contributed by atoms with van der Waals surface area (Å²) in [5.74, 6) is 0.0777. The highest BCUT2D eigenvalue weighted by molar-refractivity contribution is 5.78. The van der Waals surface area contributed by atoms with Crippen LogP contribution in [0.3, 0.4) is 0 Å². The number of carbonyl (C=O) groups is 1. The third-order valence-electron chi connectivity index (χ3n) is 4.03. The first-order chi connectivity index (χ1) is 10.2. The van der Waals surface area contributed by atoms with E-state index in [9.17, 15) is 9.18 Å². The summed E-state index contributed by atoms with van der Waals surface area (Å²) in [4.78, 5) is 14.4. The number of amides is 1. The van der Waals surface area contributed by atoms with E-state index in [1.807, 2.05) is 12.1 Å². The zero-order valence-corrected chi connectivity index (χ0v) is 12.8. The molecule has 21 heavy (non-hydrogen) atoms. The molecule has 1 atom stereocenters. The molecule has 1 saturated heterocycles. The zero-order chi connectivity index (χ0) is 15.1. The van der Waals surface area contributed by atoms with Gasteiger partial charge in [-0.1, -0.05) is 25.5 Å². The minimum absolute atomic E-state index is 0.0936. The highest BCUT2D eigenvalue weighted by Crippen LogP contribution is 2.19. The number of piperidine rings is 1. The van der Waals surface area contributed by atoms with Gasteiger partial charge < -0.3 is 5.32 Å². The van der Waals surface area contributed by atoms with Crippen LogP contribution in [-0.2, 0) is 11.3 Å². The van der Waals surface area contributed by atoms with E-state index in [1.165, 1.54) is 12.1 Å². The van der Waals surface area contributed by atoms with Crippen LogP contribution < -0.4 is 5.32 Å². The summed E-state index contributed by atoms with van der Waals surface area (Å²) in [6.45, 7) is 5.51. The van der Waals surface area contributed by atoms with Crippen LogP contribution in [0.15, 0.2) is 24.3 Å². The van der Waals surface area contributed by atoms with Crippen LogP contribution in [-0.4, -0.2) is 30.4 Å². The highest BCUT2D eigenvalue weighted by atomic mass is 19.1. The van der Waals surface area contributed by atoms with Gasteiger partial charge in [-0.05, 0) is 43.5 Å². The molecule has 1 aromatic rings. The molecule has 2 rings (SSSR count). The summed E-state index contributed by atoms with van der Waals surface area (Å²) in [5, 5.41) is 3.03. The second kappa shape index (κ2) is 8.13. The van der Waals surface area contributed by atoms with Gasteiger partial charge in [0.15, 0.2) is 0 Å². The third-order valence-corrected chi connectivity index (χ3v) is 4.03. The van der Waals surface area contributed by atoms with Crippen molar-refractivity contribution in [2.75, 3.05) is 19.6 Å². The van der Waals surface area contributed by atoms with Crippen LogP contribution in [0.5, 0.6) is 0 Å². The molecule has 1 N–H and O–H groups in total. The van der Waals surface area contributed by atoms with E-state index >= 15 is 0 Å². The molecule has 0 saturated carbocycles. The minimum atomic E-state index is -0.203. The second-order valence-electron chi connectivity index (χ2n) is 5.85. The Bertz CT molecular complexity index is 447. The van der Waals surface area contributed by atoms with Gasteiger partial charge in [0.2, 0.25) is 5.91 Å². The van der Waals surface area contributed by atoms with E-state index in [0.717, 1.165) is 57.4 Å². The predicted octanol–water partition coefficient (Wildman–Crippen LogP) is 2.95. The minimum Gasteiger partial charge on any atom is -0.356 e. The maximum absolute atomic E-state index is 12.9. The monoisotopic (exact) mass is 292 g/mol. The number of unbranched alkanes of at least 4 members (excludes halogenated alkanes) is 1. The van der Waals surface area contributed by atoms with Crippen molar-refractivity contribution < 1.29 is 9.18 Å². The molecule has 4 heteroatoms. The molecule has 0 bridgehead atoms. The standard InChI is InChI=1S/C17H25FN2O/c1-2-3-10-19-17(21)15-5-4-11-20(13-15)12-14-6-8-16(18)9-7-14/h6-9,15H,2-5,10-13H2,1H3,(H,19,21). The smallest absolute Gasteiger partial charge is 0.224 e. The van der Waals surface area contributed by atoms with Crippen molar-refractivity contribution in [3.63, 3.8) is 0 Å². The number of benzene rings is 1. The van der Waals surface area contributed by atoms with Crippen LogP contribution in [0.25, 0.3) is 0 Å². The molecular weight excluding hydrogens is 267 g/mol. The topological polar surface area (TPSA) is 32.3 Å². The summed E-state index contributed by atoms with van der Waals surface area (Å²) in [6.07, 6.45) is 4.16. The van der Waals surface area contributed by atoms with Gasteiger partial charge in [0.05, 0.1) is 5.92 Å². The largest absolute Gasteiger partial charge is 0.356 e. The molecule has 0 aromatic heterocycles. The Hall–Kier alpha value is -1.42. The first-order valence-corrected chi connectivity index (χ1v) is 7.93. The molecule has 0 spiro atoms. The zero-order valence-electron chi connectivity index (χ0n) is 12.8. The maximum Gasteiger partial charge on any atom is 0.224 e. The lowest BCUT2D eigenvalue weighted by Gasteiger charge is -2.32. The molecule has 1 aromatic carbocycles. The van der Waals surface area contributed by atoms with E-state index in [1.54, 1.807) is 0 Å². The van der Waals surface area contributed by atoms with Gasteiger partial charge >= 0.3 is 0 Å². The van der Waals surface area contributed by atoms with Crippen molar-refractivity contribution in [1.82, 2.24) is 10.2 Å². The van der Waals surface area contributed by atoms with Crippen LogP contribution in [0.2, 0.25) is 0 Å². The normalized spacial score (nSPS) is 19.4. The third kappa shape index (κ3) is 5.12. The average molecular weight is 292 g/mol. The molecule has 0 aliphatic carbocycles. The van der Waals surface area contributed by atoms with Crippen molar-refractivity contribution in [3.05, 3.63) is 35.6 Å². The number of halogens is 1. The number of carbonyl (C=O) groups excluding carboxylic acids is 1. The van der Waals surface area contributed by atoms with Crippen LogP contribution in [0.1, 0.15) is 38.2 Å². The Morgan fingerprint density at radius 2 is 2.14 bits per heavy atom. The Morgan fingerprint density at radius 3 is 2.86 bits per heavy atom. The number of hydrogen-bond donors (Lipinski definition) is 1. The van der Waals surface area contributed by atoms with Crippen LogP contribution >= 0.6 is 0 Å². The number of likely N-dealkylation sites (tertiary alicyclic amines) is 1. The molecule has 1 aliphatic rings. The van der Waals surface area contributed by atoms with E-state index < -0.39 is 0 Å². The summed E-state index contributed by atoms with van der Waals surface area (Å²) in [7, 11) is 0. The van der Waals surface area contributed by atoms with E-state index in [2.05, 4.69) is 17.1 Å². The van der Waals surface area contributed by atoms with Gasteiger partial charge in [-0.25, -0.2) is 4.39 Å². The van der Waals surface area contributed by atoms with Gasteiger partial charge in [0.25, 0.3) is 0 Å². The van der Waals surface area contributed by atoms with Gasteiger partial charge in [0, 0.05) is 19.6 Å². The fourth-order valence-corrected chi connectivity index (χ4v) is 2.79. The Labute approximate surface area is 126 Å². The lowest BCUT2D eigenvalue weighted by Crippen LogP contribution is -2.42. The first kappa shape index (κ1) is 16.0. The predicted molar refractivity (Wildman–Crippen MR) is 82.3 cm³/mol. The SMILES string of the molecule is CCCCNC(=O)C1CCCN(Cc2ccc(F)cc2)C1. The summed E-state index contributed by atoms with van der Waals surface area (Å²) >= 11 is 0. The summed E-state index contributed by atoms with van der Waals surface area (Å²) in [6, 6.07) is 6.63. The second-order valence-corrected chi connectivity index (χ2v) is 5.85. The van der Waals surface area contributed by atoms with Crippen molar-refractivity contribution in [3.8, 4) is 0 Å². The average Bonchev–Trinajstić information content (AvgIpc) is 2.50. The van der Waals surface area contributed by atoms with E-state index in [0.29, 0.717) is 0 Å². The summed E-state index contributed by atoms with van der Waals surface area (Å²) < 4.78 is 12.9. The molecular formula is C17H25FN2O. The molecule has 116 valence electrons. The van der Waals surface area contributed by atoms with E-state index in [-0.39, 0.29) is 17.6 Å².